The number of amidine groups is 1. The van der Waals surface area contributed by atoms with E-state index in [4.69, 9.17) is 4.18 Å². The molecule has 0 radical (unpaired) electrons. The number of hydrogen-bond donors (Lipinski definition) is 1. The van der Waals surface area contributed by atoms with Crippen LogP contribution in [0.1, 0.15) is 11.1 Å². The molecule has 1 aliphatic rings. The van der Waals surface area contributed by atoms with Crippen molar-refractivity contribution in [2.75, 3.05) is 0 Å². The molecule has 4 aromatic rings. The zero-order valence-corrected chi connectivity index (χ0v) is 20.3. The summed E-state index contributed by atoms with van der Waals surface area (Å²) < 4.78 is 30.8. The molecule has 4 aromatic carbocycles. The lowest BCUT2D eigenvalue weighted by molar-refractivity contribution is -0.115. The quantitative estimate of drug-likeness (QED) is 0.276. The largest absolute Gasteiger partial charge is 0.379 e. The predicted octanol–water partition coefficient (Wildman–Crippen LogP) is 5.81. The summed E-state index contributed by atoms with van der Waals surface area (Å²) in [6.45, 7) is 2.00. The second kappa shape index (κ2) is 9.40. The van der Waals surface area contributed by atoms with Crippen LogP contribution in [0, 0.1) is 6.92 Å². The summed E-state index contributed by atoms with van der Waals surface area (Å²) in [5, 5.41) is 5.03. The fraction of sp³-hybridized carbons (Fsp3) is 0.0370. The molecule has 8 heteroatoms. The molecule has 0 spiro atoms. The fourth-order valence-corrected chi connectivity index (χ4v) is 5.29. The monoisotopic (exact) mass is 500 g/mol. The summed E-state index contributed by atoms with van der Waals surface area (Å²) in [5.41, 5.74) is 2.62. The van der Waals surface area contributed by atoms with Crippen molar-refractivity contribution in [1.29, 1.82) is 0 Å². The van der Waals surface area contributed by atoms with E-state index in [-0.39, 0.29) is 16.6 Å². The molecule has 35 heavy (non-hydrogen) atoms. The molecule has 6 nitrogen and oxygen atoms in total. The molecule has 1 heterocycles. The summed E-state index contributed by atoms with van der Waals surface area (Å²) in [5.74, 6) is -0.0504. The van der Waals surface area contributed by atoms with Gasteiger partial charge in [-0.15, -0.1) is 0 Å². The van der Waals surface area contributed by atoms with E-state index < -0.39 is 10.1 Å². The number of carbonyl (C=O) groups is 1. The van der Waals surface area contributed by atoms with Crippen LogP contribution in [0.15, 0.2) is 106 Å². The van der Waals surface area contributed by atoms with E-state index in [0.717, 1.165) is 27.6 Å². The second-order valence-corrected chi connectivity index (χ2v) is 10.5. The Bertz CT molecular complexity index is 1590. The topological polar surface area (TPSA) is 84.8 Å². The Balaban J connectivity index is 1.30. The Hall–Kier alpha value is -3.88. The molecule has 1 aliphatic heterocycles. The van der Waals surface area contributed by atoms with E-state index in [0.29, 0.717) is 10.1 Å². The van der Waals surface area contributed by atoms with Crippen LogP contribution < -0.4 is 9.50 Å². The van der Waals surface area contributed by atoms with Gasteiger partial charge in [0.05, 0.1) is 10.6 Å². The summed E-state index contributed by atoms with van der Waals surface area (Å²) in [7, 11) is -3.99. The van der Waals surface area contributed by atoms with Crippen LogP contribution in [0.5, 0.6) is 5.75 Å². The Morgan fingerprint density at radius 1 is 0.886 bits per heavy atom. The van der Waals surface area contributed by atoms with Gasteiger partial charge in [-0.1, -0.05) is 60.2 Å². The third-order valence-corrected chi connectivity index (χ3v) is 7.46. The van der Waals surface area contributed by atoms with Gasteiger partial charge in [-0.25, -0.2) is 4.99 Å². The lowest BCUT2D eigenvalue weighted by Crippen LogP contribution is -2.19. The maximum atomic E-state index is 12.8. The number of carbonyl (C=O) groups excluding carboxylic acids is 1. The SMILES string of the molecule is Cc1ccc(N=C2NC(=O)/C(=C/c3ccc(OS(=O)(=O)c4ccc5ccccc5c4)cc3)S2)cc1. The first-order valence-corrected chi connectivity index (χ1v) is 13.0. The van der Waals surface area contributed by atoms with Gasteiger partial charge in [-0.05, 0) is 77.5 Å². The minimum Gasteiger partial charge on any atom is -0.379 e. The van der Waals surface area contributed by atoms with Gasteiger partial charge in [0.2, 0.25) is 0 Å². The standard InChI is InChI=1S/C27H20N2O4S2/c1-18-6-11-22(12-7-18)28-27-29-26(30)25(34-27)16-19-8-13-23(14-9-19)33-35(31,32)24-15-10-20-4-2-3-5-21(20)17-24/h2-17H,1H3,(H,28,29,30)/b25-16-. The Morgan fingerprint density at radius 3 is 2.34 bits per heavy atom. The molecule has 0 unspecified atom stereocenters. The number of rotatable bonds is 5. The van der Waals surface area contributed by atoms with E-state index >= 15 is 0 Å². The van der Waals surface area contributed by atoms with Gasteiger partial charge in [0.25, 0.3) is 5.91 Å². The van der Waals surface area contributed by atoms with Crippen LogP contribution in [-0.4, -0.2) is 19.5 Å². The third kappa shape index (κ3) is 5.29. The number of aliphatic imine (C=N–C) groups is 1. The van der Waals surface area contributed by atoms with E-state index in [1.807, 2.05) is 55.5 Å². The van der Waals surface area contributed by atoms with Crippen LogP contribution in [0.4, 0.5) is 5.69 Å². The minimum absolute atomic E-state index is 0.0850. The van der Waals surface area contributed by atoms with Gasteiger partial charge in [0.1, 0.15) is 10.6 Å². The zero-order chi connectivity index (χ0) is 24.4. The van der Waals surface area contributed by atoms with Crippen molar-refractivity contribution >= 4 is 55.5 Å². The average Bonchev–Trinajstić information content (AvgIpc) is 3.19. The Labute approximate surface area is 207 Å². The maximum absolute atomic E-state index is 12.8. The van der Waals surface area contributed by atoms with Crippen molar-refractivity contribution in [3.05, 3.63) is 107 Å². The third-order valence-electron chi connectivity index (χ3n) is 5.31. The van der Waals surface area contributed by atoms with Crippen molar-refractivity contribution in [2.24, 2.45) is 4.99 Å². The number of thioether (sulfide) groups is 1. The summed E-state index contributed by atoms with van der Waals surface area (Å²) in [6.07, 6.45) is 1.72. The molecule has 1 amide bonds. The number of nitrogens with zero attached hydrogens (tertiary/aromatic N) is 1. The first-order valence-electron chi connectivity index (χ1n) is 10.8. The van der Waals surface area contributed by atoms with Crippen LogP contribution in [0.3, 0.4) is 0 Å². The molecule has 0 atom stereocenters. The highest BCUT2D eigenvalue weighted by Crippen LogP contribution is 2.29. The highest BCUT2D eigenvalue weighted by molar-refractivity contribution is 8.18. The summed E-state index contributed by atoms with van der Waals surface area (Å²) in [6, 6.07) is 26.6. The smallest absolute Gasteiger partial charge is 0.339 e. The van der Waals surface area contributed by atoms with Gasteiger partial charge < -0.3 is 9.50 Å². The van der Waals surface area contributed by atoms with E-state index in [1.165, 1.54) is 17.8 Å². The average molecular weight is 501 g/mol. The number of benzene rings is 4. The lowest BCUT2D eigenvalue weighted by Gasteiger charge is -2.08. The number of fused-ring (bicyclic) bond motifs is 1. The van der Waals surface area contributed by atoms with Gasteiger partial charge in [-0.3, -0.25) is 4.79 Å². The van der Waals surface area contributed by atoms with Crippen molar-refractivity contribution in [1.82, 2.24) is 5.32 Å². The van der Waals surface area contributed by atoms with Crippen LogP contribution in [0.25, 0.3) is 16.8 Å². The van der Waals surface area contributed by atoms with Gasteiger partial charge in [0, 0.05) is 0 Å². The number of nitrogens with one attached hydrogen (secondary N) is 1. The number of amides is 1. The van der Waals surface area contributed by atoms with Gasteiger partial charge >= 0.3 is 10.1 Å². The maximum Gasteiger partial charge on any atom is 0.339 e. The van der Waals surface area contributed by atoms with Crippen LogP contribution in [0.2, 0.25) is 0 Å². The fourth-order valence-electron chi connectivity index (χ4n) is 3.49. The molecular weight excluding hydrogens is 480 g/mol. The molecule has 174 valence electrons. The zero-order valence-electron chi connectivity index (χ0n) is 18.6. The first kappa shape index (κ1) is 22.9. The molecule has 1 fully saturated rings. The Kier molecular flexibility index (Phi) is 6.15. The predicted molar refractivity (Wildman–Crippen MR) is 140 cm³/mol. The van der Waals surface area contributed by atoms with Crippen molar-refractivity contribution < 1.29 is 17.4 Å². The van der Waals surface area contributed by atoms with Crippen molar-refractivity contribution in [3.8, 4) is 5.75 Å². The molecule has 0 bridgehead atoms. The van der Waals surface area contributed by atoms with E-state index in [1.54, 1.807) is 42.5 Å². The Morgan fingerprint density at radius 2 is 1.60 bits per heavy atom. The van der Waals surface area contributed by atoms with E-state index in [2.05, 4.69) is 10.3 Å². The second-order valence-electron chi connectivity index (χ2n) is 7.93. The van der Waals surface area contributed by atoms with Crippen molar-refractivity contribution in [2.45, 2.75) is 11.8 Å². The normalized spacial score (nSPS) is 16.1. The molecule has 0 aromatic heterocycles. The van der Waals surface area contributed by atoms with Gasteiger partial charge in [0.15, 0.2) is 5.17 Å². The van der Waals surface area contributed by atoms with Crippen LogP contribution >= 0.6 is 11.8 Å². The summed E-state index contributed by atoms with van der Waals surface area (Å²) in [4.78, 5) is 17.4. The molecule has 1 saturated heterocycles. The number of aryl methyl sites for hydroxylation is 1. The molecule has 0 saturated carbocycles. The lowest BCUT2D eigenvalue weighted by atomic mass is 10.1. The molecule has 0 aliphatic carbocycles. The molecule has 1 N–H and O–H groups in total. The van der Waals surface area contributed by atoms with Gasteiger partial charge in [-0.2, -0.15) is 8.42 Å². The highest BCUT2D eigenvalue weighted by Gasteiger charge is 2.24. The number of hydrogen-bond acceptors (Lipinski definition) is 6. The summed E-state index contributed by atoms with van der Waals surface area (Å²) >= 11 is 1.25. The highest BCUT2D eigenvalue weighted by atomic mass is 32.2. The first-order chi connectivity index (χ1) is 16.9. The van der Waals surface area contributed by atoms with Crippen molar-refractivity contribution in [3.63, 3.8) is 0 Å². The van der Waals surface area contributed by atoms with E-state index in [9.17, 15) is 13.2 Å². The molecular formula is C27H20N2O4S2. The van der Waals surface area contributed by atoms with Crippen LogP contribution in [-0.2, 0) is 14.9 Å². The molecule has 5 rings (SSSR count). The minimum atomic E-state index is -3.99.